The number of hydrogen-bond donors (Lipinski definition) is 2. The summed E-state index contributed by atoms with van der Waals surface area (Å²) in [4.78, 5) is 37.4. The van der Waals surface area contributed by atoms with E-state index in [1.54, 1.807) is 18.2 Å². The Kier molecular flexibility index (Phi) is 4.83. The van der Waals surface area contributed by atoms with Crippen molar-refractivity contribution in [2.75, 3.05) is 19.6 Å². The van der Waals surface area contributed by atoms with Gasteiger partial charge in [0.2, 0.25) is 5.91 Å². The number of fused-ring (bicyclic) bond motifs is 1. The normalized spacial score (nSPS) is 19.9. The van der Waals surface area contributed by atoms with Crippen molar-refractivity contribution in [1.82, 2.24) is 15.5 Å². The molecule has 2 N–H and O–H groups in total. The van der Waals surface area contributed by atoms with Crippen molar-refractivity contribution in [1.29, 1.82) is 0 Å². The van der Waals surface area contributed by atoms with E-state index in [2.05, 4.69) is 10.6 Å². The Labute approximate surface area is 134 Å². The zero-order chi connectivity index (χ0) is 15.0. The van der Waals surface area contributed by atoms with Crippen molar-refractivity contribution in [3.63, 3.8) is 0 Å². The fourth-order valence-corrected chi connectivity index (χ4v) is 2.74. The molecular weight excluding hydrogens is 306 g/mol. The number of amides is 3. The van der Waals surface area contributed by atoms with Gasteiger partial charge >= 0.3 is 0 Å². The Balaban J connectivity index is 0.00000176. The first-order valence-corrected chi connectivity index (χ1v) is 7.03. The van der Waals surface area contributed by atoms with Crippen LogP contribution in [0.15, 0.2) is 18.2 Å². The molecule has 0 radical (unpaired) electrons. The van der Waals surface area contributed by atoms with Crippen LogP contribution >= 0.6 is 12.4 Å². The molecule has 3 rings (SSSR count). The van der Waals surface area contributed by atoms with Crippen molar-refractivity contribution in [2.45, 2.75) is 19.4 Å². The number of carbonyl (C=O) groups excluding carboxylic acids is 3. The smallest absolute Gasteiger partial charge is 0.262 e. The van der Waals surface area contributed by atoms with Gasteiger partial charge in [0.25, 0.3) is 11.8 Å². The number of halogens is 1. The van der Waals surface area contributed by atoms with Crippen LogP contribution in [0.1, 0.15) is 32.7 Å². The number of nitrogens with one attached hydrogen (secondary N) is 2. The van der Waals surface area contributed by atoms with E-state index in [-0.39, 0.29) is 30.9 Å². The van der Waals surface area contributed by atoms with Gasteiger partial charge in [-0.2, -0.15) is 0 Å². The predicted octanol–water partition coefficient (Wildman–Crippen LogP) is 0.491. The summed E-state index contributed by atoms with van der Waals surface area (Å²) in [6.45, 7) is 3.24. The van der Waals surface area contributed by atoms with E-state index in [0.717, 1.165) is 30.0 Å². The lowest BCUT2D eigenvalue weighted by Crippen LogP contribution is -2.44. The van der Waals surface area contributed by atoms with Crippen molar-refractivity contribution in [3.8, 4) is 0 Å². The molecule has 2 heterocycles. The molecular formula is C15H18ClN3O3. The average Bonchev–Trinajstić information content (AvgIpc) is 3.02. The summed E-state index contributed by atoms with van der Waals surface area (Å²) in [6, 6.07) is 5.20. The van der Waals surface area contributed by atoms with Gasteiger partial charge in [-0.25, -0.2) is 0 Å². The molecule has 0 aromatic heterocycles. The topological polar surface area (TPSA) is 78.5 Å². The standard InChI is InChI=1S/C15H17N3O3.ClH/c1-9-2-3-11-12(6-9)15(21)18(14(11)20)8-13(19)17-10-4-5-16-7-10;/h2-3,6,10,16H,4-5,7-8H2,1H3,(H,17,19);1H. The highest BCUT2D eigenvalue weighted by Crippen LogP contribution is 2.23. The maximum absolute atomic E-state index is 12.2. The molecule has 1 aromatic rings. The third-order valence-electron chi connectivity index (χ3n) is 3.85. The van der Waals surface area contributed by atoms with Crippen LogP contribution in [-0.4, -0.2) is 48.3 Å². The van der Waals surface area contributed by atoms with Crippen LogP contribution < -0.4 is 10.6 Å². The van der Waals surface area contributed by atoms with E-state index in [9.17, 15) is 14.4 Å². The number of hydrogen-bond acceptors (Lipinski definition) is 4. The zero-order valence-electron chi connectivity index (χ0n) is 12.2. The second-order valence-corrected chi connectivity index (χ2v) is 5.50. The Morgan fingerprint density at radius 1 is 1.32 bits per heavy atom. The van der Waals surface area contributed by atoms with Gasteiger partial charge in [0.15, 0.2) is 0 Å². The van der Waals surface area contributed by atoms with Gasteiger partial charge in [-0.1, -0.05) is 11.6 Å². The minimum Gasteiger partial charge on any atom is -0.350 e. The average molecular weight is 324 g/mol. The fourth-order valence-electron chi connectivity index (χ4n) is 2.74. The lowest BCUT2D eigenvalue weighted by atomic mass is 10.1. The van der Waals surface area contributed by atoms with Crippen LogP contribution in [0.4, 0.5) is 0 Å². The van der Waals surface area contributed by atoms with Gasteiger partial charge in [0.05, 0.1) is 11.1 Å². The first-order valence-electron chi connectivity index (χ1n) is 7.03. The van der Waals surface area contributed by atoms with Gasteiger partial charge in [-0.3, -0.25) is 19.3 Å². The maximum Gasteiger partial charge on any atom is 0.262 e. The summed E-state index contributed by atoms with van der Waals surface area (Å²) in [5, 5.41) is 5.98. The first kappa shape index (κ1) is 16.5. The SMILES string of the molecule is Cc1ccc2c(c1)C(=O)N(CC(=O)NC1CCNC1)C2=O.Cl. The number of rotatable bonds is 3. The van der Waals surface area contributed by atoms with Crippen LogP contribution in [-0.2, 0) is 4.79 Å². The molecule has 1 atom stereocenters. The van der Waals surface area contributed by atoms with Crippen LogP contribution in [0.3, 0.4) is 0 Å². The molecule has 6 nitrogen and oxygen atoms in total. The highest BCUT2D eigenvalue weighted by Gasteiger charge is 2.36. The number of aryl methyl sites for hydroxylation is 1. The summed E-state index contributed by atoms with van der Waals surface area (Å²) in [6.07, 6.45) is 0.868. The molecule has 0 aliphatic carbocycles. The zero-order valence-corrected chi connectivity index (χ0v) is 13.0. The molecule has 0 bridgehead atoms. The molecule has 0 saturated carbocycles. The summed E-state index contributed by atoms with van der Waals surface area (Å²) in [5.74, 6) is -1.08. The second-order valence-electron chi connectivity index (χ2n) is 5.50. The first-order chi connectivity index (χ1) is 10.1. The molecule has 118 valence electrons. The van der Waals surface area contributed by atoms with Crippen molar-refractivity contribution in [2.24, 2.45) is 0 Å². The van der Waals surface area contributed by atoms with Gasteiger partial charge in [-0.15, -0.1) is 12.4 Å². The third-order valence-corrected chi connectivity index (χ3v) is 3.85. The van der Waals surface area contributed by atoms with Crippen LogP contribution in [0.5, 0.6) is 0 Å². The second kappa shape index (κ2) is 6.46. The molecule has 0 spiro atoms. The van der Waals surface area contributed by atoms with Crippen LogP contribution in [0, 0.1) is 6.92 Å². The number of nitrogens with zero attached hydrogens (tertiary/aromatic N) is 1. The minimum absolute atomic E-state index is 0. The monoisotopic (exact) mass is 323 g/mol. The lowest BCUT2D eigenvalue weighted by molar-refractivity contribution is -0.122. The Bertz CT molecular complexity index is 626. The van der Waals surface area contributed by atoms with E-state index < -0.39 is 11.8 Å². The molecule has 1 aromatic carbocycles. The van der Waals surface area contributed by atoms with E-state index in [1.807, 2.05) is 6.92 Å². The molecule has 1 fully saturated rings. The Morgan fingerprint density at radius 3 is 2.73 bits per heavy atom. The van der Waals surface area contributed by atoms with Crippen LogP contribution in [0.2, 0.25) is 0 Å². The molecule has 2 aliphatic heterocycles. The lowest BCUT2D eigenvalue weighted by Gasteiger charge is -2.16. The van der Waals surface area contributed by atoms with E-state index in [0.29, 0.717) is 11.1 Å². The fraction of sp³-hybridized carbons (Fsp3) is 0.400. The van der Waals surface area contributed by atoms with Gasteiger partial charge in [0.1, 0.15) is 6.54 Å². The number of carbonyl (C=O) groups is 3. The molecule has 1 saturated heterocycles. The summed E-state index contributed by atoms with van der Waals surface area (Å²) in [5.41, 5.74) is 1.68. The Hall–Kier alpha value is -1.92. The highest BCUT2D eigenvalue weighted by atomic mass is 35.5. The summed E-state index contributed by atoms with van der Waals surface area (Å²) < 4.78 is 0. The van der Waals surface area contributed by atoms with Crippen molar-refractivity contribution in [3.05, 3.63) is 34.9 Å². The van der Waals surface area contributed by atoms with E-state index in [1.165, 1.54) is 0 Å². The number of imide groups is 1. The van der Waals surface area contributed by atoms with Gasteiger partial charge < -0.3 is 10.6 Å². The quantitative estimate of drug-likeness (QED) is 0.794. The summed E-state index contributed by atoms with van der Waals surface area (Å²) in [7, 11) is 0. The third kappa shape index (κ3) is 2.98. The van der Waals surface area contributed by atoms with Gasteiger partial charge in [-0.05, 0) is 32.0 Å². The molecule has 3 amide bonds. The van der Waals surface area contributed by atoms with Crippen LogP contribution in [0.25, 0.3) is 0 Å². The molecule has 2 aliphatic rings. The minimum atomic E-state index is -0.394. The summed E-state index contributed by atoms with van der Waals surface area (Å²) >= 11 is 0. The van der Waals surface area contributed by atoms with E-state index >= 15 is 0 Å². The molecule has 1 unspecified atom stereocenters. The van der Waals surface area contributed by atoms with Gasteiger partial charge in [0, 0.05) is 12.6 Å². The largest absolute Gasteiger partial charge is 0.350 e. The predicted molar refractivity (Wildman–Crippen MR) is 83.2 cm³/mol. The Morgan fingerprint density at radius 2 is 2.05 bits per heavy atom. The van der Waals surface area contributed by atoms with Crippen molar-refractivity contribution >= 4 is 30.1 Å². The molecule has 22 heavy (non-hydrogen) atoms. The maximum atomic E-state index is 12.2. The molecule has 7 heteroatoms. The van der Waals surface area contributed by atoms with Crippen molar-refractivity contribution < 1.29 is 14.4 Å². The van der Waals surface area contributed by atoms with E-state index in [4.69, 9.17) is 0 Å². The highest BCUT2D eigenvalue weighted by molar-refractivity contribution is 6.22. The number of benzene rings is 1.